The molecule has 0 bridgehead atoms. The summed E-state index contributed by atoms with van der Waals surface area (Å²) in [6, 6.07) is 11.7. The molecule has 7 heteroatoms. The molecule has 5 N–H and O–H groups in total. The molecule has 112 valence electrons. The Hall–Kier alpha value is -3.22. The van der Waals surface area contributed by atoms with Crippen LogP contribution in [0, 0.1) is 0 Å². The van der Waals surface area contributed by atoms with Crippen LogP contribution in [0.25, 0.3) is 0 Å². The van der Waals surface area contributed by atoms with Crippen LogP contribution in [0.3, 0.4) is 0 Å². The van der Waals surface area contributed by atoms with Gasteiger partial charge in [-0.1, -0.05) is 5.16 Å². The third kappa shape index (κ3) is 2.64. The Kier molecular flexibility index (Phi) is 3.53. The zero-order chi connectivity index (χ0) is 15.5. The van der Waals surface area contributed by atoms with E-state index in [1.165, 1.54) is 0 Å². The highest BCUT2D eigenvalue weighted by Crippen LogP contribution is 2.32. The van der Waals surface area contributed by atoms with Gasteiger partial charge in [-0.05, 0) is 42.5 Å². The van der Waals surface area contributed by atoms with Gasteiger partial charge in [-0.15, -0.1) is 0 Å². The van der Waals surface area contributed by atoms with Crippen LogP contribution in [-0.4, -0.2) is 23.7 Å². The highest BCUT2D eigenvalue weighted by Gasteiger charge is 2.16. The fourth-order valence-electron chi connectivity index (χ4n) is 2.04. The third-order valence-corrected chi connectivity index (χ3v) is 3.21. The molecule has 1 aliphatic rings. The van der Waals surface area contributed by atoms with Crippen molar-refractivity contribution >= 4 is 17.4 Å². The molecule has 0 aliphatic carbocycles. The molecule has 0 atom stereocenters. The number of amides is 1. The zero-order valence-corrected chi connectivity index (χ0v) is 11.5. The van der Waals surface area contributed by atoms with Gasteiger partial charge >= 0.3 is 5.84 Å². The van der Waals surface area contributed by atoms with Gasteiger partial charge in [-0.2, -0.15) is 0 Å². The monoisotopic (exact) mass is 300 g/mol. The van der Waals surface area contributed by atoms with E-state index in [0.29, 0.717) is 28.3 Å². The Morgan fingerprint density at radius 3 is 2.50 bits per heavy atom. The number of hydrogen-bond donors (Lipinski definition) is 4. The van der Waals surface area contributed by atoms with Crippen LogP contribution in [-0.2, 0) is 0 Å². The van der Waals surface area contributed by atoms with Crippen LogP contribution >= 0.6 is 0 Å². The summed E-state index contributed by atoms with van der Waals surface area (Å²) in [5, 5.41) is 13.4. The van der Waals surface area contributed by atoms with Gasteiger partial charge in [0.05, 0.1) is 5.56 Å². The predicted octanol–water partition coefficient (Wildman–Crippen LogP) is -0.157. The number of nitrogen functional groups attached to an aromatic ring is 1. The maximum atomic E-state index is 12.2. The maximum absolute atomic E-state index is 12.2. The quantitative estimate of drug-likeness (QED) is 0.273. The predicted molar refractivity (Wildman–Crippen MR) is 78.0 cm³/mol. The second-order valence-corrected chi connectivity index (χ2v) is 4.62. The number of ether oxygens (including phenoxy) is 2. The van der Waals surface area contributed by atoms with Gasteiger partial charge in [0.2, 0.25) is 6.79 Å². The zero-order valence-electron chi connectivity index (χ0n) is 11.5. The van der Waals surface area contributed by atoms with E-state index in [4.69, 9.17) is 20.4 Å². The van der Waals surface area contributed by atoms with Crippen LogP contribution in [0.1, 0.15) is 15.9 Å². The molecular weight excluding hydrogens is 286 g/mol. The van der Waals surface area contributed by atoms with Gasteiger partial charge in [0.1, 0.15) is 0 Å². The normalized spacial score (nSPS) is 13.0. The second-order valence-electron chi connectivity index (χ2n) is 4.62. The minimum atomic E-state index is -0.261. The first-order chi connectivity index (χ1) is 10.7. The van der Waals surface area contributed by atoms with Crippen molar-refractivity contribution in [2.75, 3.05) is 12.1 Å². The number of anilines is 1. The van der Waals surface area contributed by atoms with Crippen LogP contribution in [0.5, 0.6) is 11.5 Å². The molecule has 2 aromatic rings. The van der Waals surface area contributed by atoms with E-state index in [9.17, 15) is 4.79 Å². The van der Waals surface area contributed by atoms with Gasteiger partial charge in [-0.25, -0.2) is 0 Å². The van der Waals surface area contributed by atoms with Gasteiger partial charge in [0.25, 0.3) is 5.91 Å². The van der Waals surface area contributed by atoms with E-state index in [0.717, 1.165) is 0 Å². The summed E-state index contributed by atoms with van der Waals surface area (Å²) in [6.45, 7) is 0.165. The number of rotatable bonds is 3. The number of fused-ring (bicyclic) bond motifs is 1. The molecule has 0 fully saturated rings. The second kappa shape index (κ2) is 5.65. The molecule has 2 aromatic carbocycles. The molecule has 1 heterocycles. The number of nitrogens with one attached hydrogen (secondary N) is 2. The van der Waals surface area contributed by atoms with E-state index in [1.807, 2.05) is 5.16 Å². The van der Waals surface area contributed by atoms with Gasteiger partial charge < -0.3 is 20.0 Å². The lowest BCUT2D eigenvalue weighted by Gasteiger charge is -2.06. The molecule has 0 aromatic heterocycles. The number of carbonyl (C=O) groups excluding carboxylic acids is 1. The smallest absolute Gasteiger partial charge is 0.311 e. The number of amidine groups is 1. The number of hydrogen-bond acceptors (Lipinski definition) is 4. The summed E-state index contributed by atoms with van der Waals surface area (Å²) in [5.41, 5.74) is 7.22. The summed E-state index contributed by atoms with van der Waals surface area (Å²) in [7, 11) is 0. The first kappa shape index (κ1) is 13.7. The van der Waals surface area contributed by atoms with Crippen molar-refractivity contribution in [1.29, 1.82) is 0 Å². The van der Waals surface area contributed by atoms with Crippen molar-refractivity contribution in [2.45, 2.75) is 0 Å². The topological polar surface area (TPSA) is 108 Å². The maximum Gasteiger partial charge on any atom is 0.311 e. The van der Waals surface area contributed by atoms with E-state index < -0.39 is 0 Å². The van der Waals surface area contributed by atoms with Crippen molar-refractivity contribution < 1.29 is 24.6 Å². The van der Waals surface area contributed by atoms with Crippen LogP contribution < -0.4 is 25.7 Å². The first-order valence-corrected chi connectivity index (χ1v) is 6.51. The molecule has 3 rings (SSSR count). The molecule has 7 nitrogen and oxygen atoms in total. The van der Waals surface area contributed by atoms with Crippen molar-refractivity contribution in [3.8, 4) is 11.5 Å². The van der Waals surface area contributed by atoms with Crippen molar-refractivity contribution in [3.63, 3.8) is 0 Å². The fourth-order valence-corrected chi connectivity index (χ4v) is 2.04. The van der Waals surface area contributed by atoms with Crippen LogP contribution in [0.4, 0.5) is 5.69 Å². The number of nitrogens with two attached hydrogens (primary N) is 1. The molecule has 1 aliphatic heterocycles. The average molecular weight is 300 g/mol. The average Bonchev–Trinajstić information content (AvgIpc) is 3.02. The third-order valence-electron chi connectivity index (χ3n) is 3.21. The van der Waals surface area contributed by atoms with Crippen LogP contribution in [0.15, 0.2) is 42.5 Å². The Morgan fingerprint density at radius 1 is 1.09 bits per heavy atom. The Bertz CT molecular complexity index is 741. The molecule has 22 heavy (non-hydrogen) atoms. The highest BCUT2D eigenvalue weighted by atomic mass is 16.7. The fraction of sp³-hybridized carbons (Fsp3) is 0.0667. The number of carbonyl (C=O) groups is 1. The lowest BCUT2D eigenvalue weighted by atomic mass is 10.1. The Balaban J connectivity index is 1.74. The molecule has 0 saturated heterocycles. The van der Waals surface area contributed by atoms with E-state index in [2.05, 4.69) is 5.32 Å². The van der Waals surface area contributed by atoms with Gasteiger partial charge in [0, 0.05) is 11.3 Å². The SMILES string of the molecule is NC(=[NH+]O)c1ccc(NC(=O)c2ccc3c(c2)OCO3)cc1. The van der Waals surface area contributed by atoms with Gasteiger partial charge in [-0.3, -0.25) is 10.5 Å². The minimum absolute atomic E-state index is 0.133. The summed E-state index contributed by atoms with van der Waals surface area (Å²) in [5.74, 6) is 1.06. The largest absolute Gasteiger partial charge is 0.454 e. The lowest BCUT2D eigenvalue weighted by Crippen LogP contribution is -2.71. The molecular formula is C15H14N3O4+. The Labute approximate surface area is 125 Å². The lowest BCUT2D eigenvalue weighted by molar-refractivity contribution is -0.737. The van der Waals surface area contributed by atoms with Gasteiger partial charge in [0.15, 0.2) is 11.5 Å². The Morgan fingerprint density at radius 2 is 1.77 bits per heavy atom. The molecule has 0 saturated carbocycles. The summed E-state index contributed by atoms with van der Waals surface area (Å²) in [4.78, 5) is 12.2. The standard InChI is InChI=1S/C15H13N3O4/c16-14(18-20)9-1-4-11(5-2-9)17-15(19)10-3-6-12-13(7-10)22-8-21-12/h1-7,20H,8H2,(H2,16,18)(H,17,19)/p+1. The van der Waals surface area contributed by atoms with E-state index in [1.54, 1.807) is 42.5 Å². The summed E-state index contributed by atoms with van der Waals surface area (Å²) in [6.07, 6.45) is 0. The van der Waals surface area contributed by atoms with Crippen molar-refractivity contribution in [1.82, 2.24) is 0 Å². The molecule has 0 unspecified atom stereocenters. The van der Waals surface area contributed by atoms with Crippen molar-refractivity contribution in [3.05, 3.63) is 53.6 Å². The molecule has 1 amide bonds. The summed E-state index contributed by atoms with van der Waals surface area (Å²) < 4.78 is 10.4. The molecule has 0 spiro atoms. The van der Waals surface area contributed by atoms with Crippen LogP contribution in [0.2, 0.25) is 0 Å². The molecule has 0 radical (unpaired) electrons. The minimum Gasteiger partial charge on any atom is -0.454 e. The van der Waals surface area contributed by atoms with Crippen molar-refractivity contribution in [2.24, 2.45) is 5.73 Å². The van der Waals surface area contributed by atoms with E-state index in [-0.39, 0.29) is 18.5 Å². The highest BCUT2D eigenvalue weighted by molar-refractivity contribution is 6.05. The first-order valence-electron chi connectivity index (χ1n) is 6.51. The summed E-state index contributed by atoms with van der Waals surface area (Å²) >= 11 is 0. The number of benzene rings is 2. The van der Waals surface area contributed by atoms with E-state index >= 15 is 0 Å².